The number of amides is 2. The third-order valence-electron chi connectivity index (χ3n) is 6.32. The van der Waals surface area contributed by atoms with Crippen LogP contribution in [0.3, 0.4) is 0 Å². The SMILES string of the molecule is O=C1C2CN(Cc3ccc(-c4ccccc4)cc3)CCN2C(=O)C2CCCN12. The van der Waals surface area contributed by atoms with E-state index in [-0.39, 0.29) is 23.9 Å². The van der Waals surface area contributed by atoms with E-state index < -0.39 is 0 Å². The molecule has 0 aliphatic carbocycles. The quantitative estimate of drug-likeness (QED) is 0.827. The number of nitrogens with zero attached hydrogens (tertiary/aromatic N) is 3. The summed E-state index contributed by atoms with van der Waals surface area (Å²) in [5, 5.41) is 0. The smallest absolute Gasteiger partial charge is 0.247 e. The van der Waals surface area contributed by atoms with E-state index in [4.69, 9.17) is 0 Å². The lowest BCUT2D eigenvalue weighted by Crippen LogP contribution is -2.68. The Morgan fingerprint density at radius 3 is 2.21 bits per heavy atom. The van der Waals surface area contributed by atoms with Gasteiger partial charge in [0.1, 0.15) is 12.1 Å². The molecule has 0 radical (unpaired) electrons. The zero-order chi connectivity index (χ0) is 19.1. The number of benzene rings is 2. The molecular weight excluding hydrogens is 350 g/mol. The van der Waals surface area contributed by atoms with E-state index in [1.54, 1.807) is 0 Å². The van der Waals surface area contributed by atoms with Crippen LogP contribution < -0.4 is 0 Å². The van der Waals surface area contributed by atoms with Gasteiger partial charge in [-0.3, -0.25) is 14.5 Å². The number of hydrogen-bond donors (Lipinski definition) is 0. The molecule has 3 heterocycles. The van der Waals surface area contributed by atoms with Gasteiger partial charge in [0.05, 0.1) is 0 Å². The van der Waals surface area contributed by atoms with Crippen LogP contribution in [0.25, 0.3) is 11.1 Å². The van der Waals surface area contributed by atoms with Crippen LogP contribution >= 0.6 is 0 Å². The van der Waals surface area contributed by atoms with Gasteiger partial charge < -0.3 is 9.80 Å². The molecule has 3 fully saturated rings. The molecule has 2 aromatic carbocycles. The molecule has 3 saturated heterocycles. The molecule has 0 aromatic heterocycles. The Hall–Kier alpha value is -2.66. The molecule has 0 N–H and O–H groups in total. The normalized spacial score (nSPS) is 25.0. The summed E-state index contributed by atoms with van der Waals surface area (Å²) in [5.41, 5.74) is 3.67. The molecule has 2 amide bonds. The lowest BCUT2D eigenvalue weighted by Gasteiger charge is -2.47. The van der Waals surface area contributed by atoms with Crippen molar-refractivity contribution in [3.8, 4) is 11.1 Å². The standard InChI is InChI=1S/C23H25N3O2/c27-22-20-7-4-12-25(20)23(28)21-16-24(13-14-26(21)22)15-17-8-10-19(11-9-17)18-5-2-1-3-6-18/h1-3,5-6,8-11,20-21H,4,7,12-16H2. The Bertz CT molecular complexity index is 880. The van der Waals surface area contributed by atoms with Gasteiger partial charge in [-0.15, -0.1) is 0 Å². The summed E-state index contributed by atoms with van der Waals surface area (Å²) in [7, 11) is 0. The maximum Gasteiger partial charge on any atom is 0.247 e. The zero-order valence-electron chi connectivity index (χ0n) is 16.0. The van der Waals surface area contributed by atoms with Crippen molar-refractivity contribution in [2.45, 2.75) is 31.5 Å². The third-order valence-corrected chi connectivity index (χ3v) is 6.32. The number of rotatable bonds is 3. The van der Waals surface area contributed by atoms with E-state index in [1.807, 2.05) is 15.9 Å². The molecule has 3 aliphatic rings. The fourth-order valence-electron chi connectivity index (χ4n) is 4.82. The largest absolute Gasteiger partial charge is 0.329 e. The van der Waals surface area contributed by atoms with E-state index >= 15 is 0 Å². The molecule has 0 spiro atoms. The fourth-order valence-corrected chi connectivity index (χ4v) is 4.82. The van der Waals surface area contributed by atoms with Gasteiger partial charge in [-0.2, -0.15) is 0 Å². The van der Waals surface area contributed by atoms with Crippen LogP contribution in [0.2, 0.25) is 0 Å². The maximum absolute atomic E-state index is 12.9. The Morgan fingerprint density at radius 2 is 1.43 bits per heavy atom. The van der Waals surface area contributed by atoms with Crippen molar-refractivity contribution in [1.29, 1.82) is 0 Å². The average molecular weight is 375 g/mol. The van der Waals surface area contributed by atoms with Crippen molar-refractivity contribution >= 4 is 11.8 Å². The van der Waals surface area contributed by atoms with Crippen molar-refractivity contribution in [1.82, 2.24) is 14.7 Å². The number of carbonyl (C=O) groups excluding carboxylic acids is 2. The second-order valence-corrected chi connectivity index (χ2v) is 8.04. The molecule has 5 heteroatoms. The highest BCUT2D eigenvalue weighted by molar-refractivity contribution is 5.97. The van der Waals surface area contributed by atoms with Crippen molar-refractivity contribution in [2.75, 3.05) is 26.2 Å². The maximum atomic E-state index is 12.9. The lowest BCUT2D eigenvalue weighted by atomic mass is 10.0. The zero-order valence-corrected chi connectivity index (χ0v) is 16.0. The highest BCUT2D eigenvalue weighted by Crippen LogP contribution is 2.29. The summed E-state index contributed by atoms with van der Waals surface area (Å²) in [4.78, 5) is 31.6. The highest BCUT2D eigenvalue weighted by atomic mass is 16.2. The minimum absolute atomic E-state index is 0.145. The van der Waals surface area contributed by atoms with Crippen molar-refractivity contribution in [3.63, 3.8) is 0 Å². The van der Waals surface area contributed by atoms with Crippen LogP contribution in [0.4, 0.5) is 0 Å². The Labute approximate surface area is 165 Å². The van der Waals surface area contributed by atoms with Crippen molar-refractivity contribution < 1.29 is 9.59 Å². The summed E-state index contributed by atoms with van der Waals surface area (Å²) < 4.78 is 0. The van der Waals surface area contributed by atoms with E-state index in [9.17, 15) is 9.59 Å². The van der Waals surface area contributed by atoms with E-state index in [0.717, 1.165) is 32.5 Å². The van der Waals surface area contributed by atoms with Crippen LogP contribution in [0.1, 0.15) is 18.4 Å². The van der Waals surface area contributed by atoms with Crippen LogP contribution in [0, 0.1) is 0 Å². The van der Waals surface area contributed by atoms with Gasteiger partial charge >= 0.3 is 0 Å². The minimum atomic E-state index is -0.306. The summed E-state index contributed by atoms with van der Waals surface area (Å²) in [6, 6.07) is 18.5. The van der Waals surface area contributed by atoms with Crippen LogP contribution in [0.5, 0.6) is 0 Å². The first-order chi connectivity index (χ1) is 13.7. The number of fused-ring (bicyclic) bond motifs is 2. The van der Waals surface area contributed by atoms with Crippen LogP contribution in [-0.2, 0) is 16.1 Å². The predicted molar refractivity (Wildman–Crippen MR) is 107 cm³/mol. The van der Waals surface area contributed by atoms with Crippen molar-refractivity contribution in [2.24, 2.45) is 0 Å². The van der Waals surface area contributed by atoms with Crippen molar-refractivity contribution in [3.05, 3.63) is 60.2 Å². The minimum Gasteiger partial charge on any atom is -0.329 e. The molecular formula is C23H25N3O2. The third kappa shape index (κ3) is 3.00. The predicted octanol–water partition coefficient (Wildman–Crippen LogP) is 2.37. The van der Waals surface area contributed by atoms with Gasteiger partial charge in [-0.05, 0) is 29.5 Å². The molecule has 144 valence electrons. The first-order valence-electron chi connectivity index (χ1n) is 10.2. The molecule has 5 nitrogen and oxygen atoms in total. The summed E-state index contributed by atoms with van der Waals surface area (Å²) >= 11 is 0. The topological polar surface area (TPSA) is 43.9 Å². The Morgan fingerprint density at radius 1 is 0.750 bits per heavy atom. The fraction of sp³-hybridized carbons (Fsp3) is 0.391. The second-order valence-electron chi connectivity index (χ2n) is 8.04. The Balaban J connectivity index is 1.27. The van der Waals surface area contributed by atoms with E-state index in [2.05, 4.69) is 53.4 Å². The van der Waals surface area contributed by atoms with Crippen LogP contribution in [-0.4, -0.2) is 64.8 Å². The first kappa shape index (κ1) is 17.4. The van der Waals surface area contributed by atoms with E-state index in [1.165, 1.54) is 16.7 Å². The molecule has 3 aliphatic heterocycles. The molecule has 5 rings (SSSR count). The monoisotopic (exact) mass is 375 g/mol. The number of carbonyl (C=O) groups is 2. The molecule has 0 saturated carbocycles. The van der Waals surface area contributed by atoms with Gasteiger partial charge in [0.25, 0.3) is 0 Å². The molecule has 28 heavy (non-hydrogen) atoms. The summed E-state index contributed by atoms with van der Waals surface area (Å²) in [6.45, 7) is 3.66. The van der Waals surface area contributed by atoms with Gasteiger partial charge in [0, 0.05) is 32.7 Å². The van der Waals surface area contributed by atoms with Gasteiger partial charge in [0.2, 0.25) is 11.8 Å². The average Bonchev–Trinajstić information content (AvgIpc) is 3.24. The lowest BCUT2D eigenvalue weighted by molar-refractivity contribution is -0.163. The second kappa shape index (κ2) is 7.06. The van der Waals surface area contributed by atoms with Gasteiger partial charge in [0.15, 0.2) is 0 Å². The molecule has 2 atom stereocenters. The summed E-state index contributed by atoms with van der Waals surface area (Å²) in [6.07, 6.45) is 1.77. The van der Waals surface area contributed by atoms with E-state index in [0.29, 0.717) is 13.1 Å². The Kier molecular flexibility index (Phi) is 4.40. The number of piperazine rings is 2. The molecule has 2 aromatic rings. The summed E-state index contributed by atoms with van der Waals surface area (Å²) in [5.74, 6) is 0.306. The number of hydrogen-bond acceptors (Lipinski definition) is 3. The van der Waals surface area contributed by atoms with Crippen LogP contribution in [0.15, 0.2) is 54.6 Å². The van der Waals surface area contributed by atoms with Gasteiger partial charge in [-0.25, -0.2) is 0 Å². The molecule has 2 unspecified atom stereocenters. The highest BCUT2D eigenvalue weighted by Gasteiger charge is 2.49. The molecule has 0 bridgehead atoms. The first-order valence-corrected chi connectivity index (χ1v) is 10.2. The van der Waals surface area contributed by atoms with Gasteiger partial charge in [-0.1, -0.05) is 54.6 Å².